The van der Waals surface area contributed by atoms with Gasteiger partial charge in [-0.15, -0.1) is 0 Å². The van der Waals surface area contributed by atoms with E-state index in [-0.39, 0.29) is 0 Å². The van der Waals surface area contributed by atoms with Gasteiger partial charge < -0.3 is 4.90 Å². The molecule has 0 spiro atoms. The molecular formula is C11H14N2. The third-order valence-electron chi connectivity index (χ3n) is 2.62. The van der Waals surface area contributed by atoms with E-state index < -0.39 is 0 Å². The second kappa shape index (κ2) is 2.87. The van der Waals surface area contributed by atoms with Gasteiger partial charge in [0.15, 0.2) is 0 Å². The van der Waals surface area contributed by atoms with Crippen LogP contribution in [0.15, 0.2) is 24.3 Å². The molecule has 1 unspecified atom stereocenters. The number of anilines is 1. The second-order valence-corrected chi connectivity index (χ2v) is 3.66. The minimum Gasteiger partial charge on any atom is -0.330 e. The molecule has 1 aromatic rings. The summed E-state index contributed by atoms with van der Waals surface area (Å²) in [6.07, 6.45) is 0. The van der Waals surface area contributed by atoms with Crippen LogP contribution in [0, 0.1) is 5.41 Å². The maximum atomic E-state index is 7.64. The van der Waals surface area contributed by atoms with Gasteiger partial charge in [0.1, 0.15) is 0 Å². The van der Waals surface area contributed by atoms with Gasteiger partial charge in [0.05, 0.1) is 5.84 Å². The average molecular weight is 174 g/mol. The molecule has 1 heterocycles. The summed E-state index contributed by atoms with van der Waals surface area (Å²) >= 11 is 0. The lowest BCUT2D eigenvalue weighted by Gasteiger charge is -2.17. The van der Waals surface area contributed by atoms with E-state index in [2.05, 4.69) is 30.0 Å². The van der Waals surface area contributed by atoms with Crippen LogP contribution in [0.1, 0.15) is 25.3 Å². The van der Waals surface area contributed by atoms with Crippen LogP contribution in [0.5, 0.6) is 0 Å². The molecule has 0 amide bonds. The van der Waals surface area contributed by atoms with Gasteiger partial charge in [0, 0.05) is 18.2 Å². The molecule has 1 atom stereocenters. The van der Waals surface area contributed by atoms with Crippen molar-refractivity contribution >= 4 is 11.5 Å². The van der Waals surface area contributed by atoms with Crippen LogP contribution in [0.4, 0.5) is 5.69 Å². The standard InChI is InChI=1S/C11H14N2/c1-8-7-13(9(2)12)11-6-4-3-5-10(8)11/h3-6,8,12H,7H2,1-2H3. The Morgan fingerprint density at radius 3 is 2.85 bits per heavy atom. The lowest BCUT2D eigenvalue weighted by Crippen LogP contribution is -2.25. The van der Waals surface area contributed by atoms with Crippen molar-refractivity contribution < 1.29 is 0 Å². The predicted molar refractivity (Wildman–Crippen MR) is 55.6 cm³/mol. The molecule has 2 rings (SSSR count). The molecule has 0 bridgehead atoms. The Kier molecular flexibility index (Phi) is 1.83. The number of hydrogen-bond acceptors (Lipinski definition) is 1. The average Bonchev–Trinajstić information content (AvgIpc) is 2.45. The Hall–Kier alpha value is -1.31. The van der Waals surface area contributed by atoms with Gasteiger partial charge >= 0.3 is 0 Å². The second-order valence-electron chi connectivity index (χ2n) is 3.66. The summed E-state index contributed by atoms with van der Waals surface area (Å²) in [5.41, 5.74) is 2.58. The lowest BCUT2D eigenvalue weighted by atomic mass is 10.0. The van der Waals surface area contributed by atoms with Crippen molar-refractivity contribution in [2.24, 2.45) is 0 Å². The molecule has 0 radical (unpaired) electrons. The zero-order chi connectivity index (χ0) is 9.42. The van der Waals surface area contributed by atoms with E-state index >= 15 is 0 Å². The summed E-state index contributed by atoms with van der Waals surface area (Å²) in [5, 5.41) is 7.64. The van der Waals surface area contributed by atoms with Crippen LogP contribution in [0.3, 0.4) is 0 Å². The van der Waals surface area contributed by atoms with Crippen molar-refractivity contribution in [2.75, 3.05) is 11.4 Å². The number of hydrogen-bond donors (Lipinski definition) is 1. The van der Waals surface area contributed by atoms with E-state index in [4.69, 9.17) is 5.41 Å². The van der Waals surface area contributed by atoms with Gasteiger partial charge in [-0.3, -0.25) is 5.41 Å². The van der Waals surface area contributed by atoms with Crippen LogP contribution < -0.4 is 4.90 Å². The third kappa shape index (κ3) is 1.22. The molecule has 1 N–H and O–H groups in total. The molecule has 0 aromatic heterocycles. The van der Waals surface area contributed by atoms with E-state index in [1.807, 2.05) is 13.0 Å². The summed E-state index contributed by atoms with van der Waals surface area (Å²) in [5.74, 6) is 1.19. The van der Waals surface area contributed by atoms with Crippen molar-refractivity contribution in [1.29, 1.82) is 5.41 Å². The number of nitrogens with zero attached hydrogens (tertiary/aromatic N) is 1. The lowest BCUT2D eigenvalue weighted by molar-refractivity contribution is 0.819. The molecule has 68 valence electrons. The fourth-order valence-corrected chi connectivity index (χ4v) is 1.94. The van der Waals surface area contributed by atoms with E-state index in [0.29, 0.717) is 11.8 Å². The Labute approximate surface area is 78.7 Å². The first-order valence-electron chi connectivity index (χ1n) is 4.62. The fraction of sp³-hybridized carbons (Fsp3) is 0.364. The summed E-state index contributed by atoms with van der Waals surface area (Å²) in [6.45, 7) is 5.01. The van der Waals surface area contributed by atoms with Crippen LogP contribution >= 0.6 is 0 Å². The molecule has 0 fully saturated rings. The normalized spacial score (nSPS) is 20.2. The summed E-state index contributed by atoms with van der Waals surface area (Å²) in [7, 11) is 0. The molecule has 0 saturated heterocycles. The van der Waals surface area contributed by atoms with Crippen molar-refractivity contribution in [3.63, 3.8) is 0 Å². The quantitative estimate of drug-likeness (QED) is 0.475. The highest BCUT2D eigenvalue weighted by Gasteiger charge is 2.25. The van der Waals surface area contributed by atoms with Crippen LogP contribution in [0.2, 0.25) is 0 Å². The number of rotatable bonds is 0. The number of fused-ring (bicyclic) bond motifs is 1. The zero-order valence-electron chi connectivity index (χ0n) is 8.04. The van der Waals surface area contributed by atoms with Crippen molar-refractivity contribution in [2.45, 2.75) is 19.8 Å². The van der Waals surface area contributed by atoms with E-state index in [0.717, 1.165) is 6.54 Å². The zero-order valence-corrected chi connectivity index (χ0v) is 8.04. The Balaban J connectivity index is 2.47. The predicted octanol–water partition coefficient (Wildman–Crippen LogP) is 2.61. The molecular weight excluding hydrogens is 160 g/mol. The largest absolute Gasteiger partial charge is 0.330 e. The van der Waals surface area contributed by atoms with Gasteiger partial charge in [-0.25, -0.2) is 0 Å². The number of para-hydroxylation sites is 1. The van der Waals surface area contributed by atoms with Crippen molar-refractivity contribution in [3.05, 3.63) is 29.8 Å². The minimum absolute atomic E-state index is 0.552. The summed E-state index contributed by atoms with van der Waals surface area (Å²) in [4.78, 5) is 2.07. The molecule has 0 saturated carbocycles. The monoisotopic (exact) mass is 174 g/mol. The SMILES string of the molecule is CC(=N)N1CC(C)c2ccccc21. The molecule has 1 aliphatic heterocycles. The van der Waals surface area contributed by atoms with Gasteiger partial charge in [0.2, 0.25) is 0 Å². The van der Waals surface area contributed by atoms with Crippen LogP contribution in [-0.2, 0) is 0 Å². The van der Waals surface area contributed by atoms with Gasteiger partial charge in [0.25, 0.3) is 0 Å². The highest BCUT2D eigenvalue weighted by atomic mass is 15.2. The molecule has 1 aliphatic rings. The van der Waals surface area contributed by atoms with E-state index in [1.54, 1.807) is 0 Å². The summed E-state index contributed by atoms with van der Waals surface area (Å²) in [6, 6.07) is 8.35. The van der Waals surface area contributed by atoms with Crippen molar-refractivity contribution in [1.82, 2.24) is 0 Å². The van der Waals surface area contributed by atoms with Crippen LogP contribution in [0.25, 0.3) is 0 Å². The molecule has 1 aromatic carbocycles. The highest BCUT2D eigenvalue weighted by molar-refractivity contribution is 5.96. The first-order chi connectivity index (χ1) is 6.20. The number of amidine groups is 1. The van der Waals surface area contributed by atoms with E-state index in [1.165, 1.54) is 11.3 Å². The Bertz CT molecular complexity index is 344. The minimum atomic E-state index is 0.552. The number of nitrogens with one attached hydrogen (secondary N) is 1. The maximum absolute atomic E-state index is 7.64. The van der Waals surface area contributed by atoms with Gasteiger partial charge in [-0.2, -0.15) is 0 Å². The summed E-state index contributed by atoms with van der Waals surface area (Å²) < 4.78 is 0. The Morgan fingerprint density at radius 1 is 1.46 bits per heavy atom. The van der Waals surface area contributed by atoms with Gasteiger partial charge in [-0.1, -0.05) is 25.1 Å². The number of benzene rings is 1. The van der Waals surface area contributed by atoms with E-state index in [9.17, 15) is 0 Å². The maximum Gasteiger partial charge on any atom is 0.0970 e. The molecule has 13 heavy (non-hydrogen) atoms. The molecule has 2 nitrogen and oxygen atoms in total. The first kappa shape index (κ1) is 8.30. The fourth-order valence-electron chi connectivity index (χ4n) is 1.94. The van der Waals surface area contributed by atoms with Gasteiger partial charge in [-0.05, 0) is 18.6 Å². The highest BCUT2D eigenvalue weighted by Crippen LogP contribution is 2.35. The van der Waals surface area contributed by atoms with Crippen LogP contribution in [-0.4, -0.2) is 12.4 Å². The first-order valence-corrected chi connectivity index (χ1v) is 4.62. The third-order valence-corrected chi connectivity index (χ3v) is 2.62. The topological polar surface area (TPSA) is 27.1 Å². The Morgan fingerprint density at radius 2 is 2.15 bits per heavy atom. The smallest absolute Gasteiger partial charge is 0.0970 e. The molecule has 0 aliphatic carbocycles. The van der Waals surface area contributed by atoms with Crippen molar-refractivity contribution in [3.8, 4) is 0 Å². The molecule has 2 heteroatoms.